The number of rotatable bonds is 2. The molecular formula is C17H19ClN2O3. The van der Waals surface area contributed by atoms with Gasteiger partial charge in [0.25, 0.3) is 5.56 Å². The van der Waals surface area contributed by atoms with E-state index in [2.05, 4.69) is 4.98 Å². The summed E-state index contributed by atoms with van der Waals surface area (Å²) < 4.78 is 11.9. The highest BCUT2D eigenvalue weighted by Gasteiger charge is 2.41. The fraction of sp³-hybridized carbons (Fsp3) is 0.471. The Bertz CT molecular complexity index is 777. The summed E-state index contributed by atoms with van der Waals surface area (Å²) >= 11 is 6.35. The number of ether oxygens (including phenoxy) is 2. The van der Waals surface area contributed by atoms with Crippen LogP contribution in [0.2, 0.25) is 5.02 Å². The summed E-state index contributed by atoms with van der Waals surface area (Å²) in [5, 5.41) is 1.85. The van der Waals surface area contributed by atoms with Gasteiger partial charge in [0, 0.05) is 29.5 Å². The Hall–Kier alpha value is -1.56. The van der Waals surface area contributed by atoms with E-state index in [0.717, 1.165) is 18.2 Å². The summed E-state index contributed by atoms with van der Waals surface area (Å²) in [4.78, 5) is 14.5. The van der Waals surface area contributed by atoms with Crippen molar-refractivity contribution in [2.45, 2.75) is 25.0 Å². The van der Waals surface area contributed by atoms with Crippen molar-refractivity contribution in [2.24, 2.45) is 17.6 Å². The Kier molecular flexibility index (Phi) is 3.79. The Morgan fingerprint density at radius 2 is 2.00 bits per heavy atom. The van der Waals surface area contributed by atoms with Gasteiger partial charge in [-0.3, -0.25) is 4.79 Å². The van der Waals surface area contributed by atoms with E-state index in [1.807, 2.05) is 12.1 Å². The minimum absolute atomic E-state index is 0.0699. The van der Waals surface area contributed by atoms with Gasteiger partial charge in [0.15, 0.2) is 0 Å². The van der Waals surface area contributed by atoms with Crippen molar-refractivity contribution in [1.82, 2.24) is 4.98 Å². The first-order chi connectivity index (χ1) is 11.1. The maximum absolute atomic E-state index is 11.8. The Morgan fingerprint density at radius 1 is 1.26 bits per heavy atom. The number of hydrogen-bond acceptors (Lipinski definition) is 4. The predicted octanol–water partition coefficient (Wildman–Crippen LogP) is 2.31. The fourth-order valence-electron chi connectivity index (χ4n) is 3.84. The molecule has 2 bridgehead atoms. The molecule has 0 unspecified atom stereocenters. The second kappa shape index (κ2) is 5.82. The van der Waals surface area contributed by atoms with E-state index >= 15 is 0 Å². The van der Waals surface area contributed by atoms with Crippen LogP contribution in [0.15, 0.2) is 29.2 Å². The van der Waals surface area contributed by atoms with Crippen molar-refractivity contribution in [3.63, 3.8) is 0 Å². The summed E-state index contributed by atoms with van der Waals surface area (Å²) in [6, 6.07) is 5.59. The molecule has 23 heavy (non-hydrogen) atoms. The van der Waals surface area contributed by atoms with Crippen LogP contribution in [-0.4, -0.2) is 30.3 Å². The molecule has 0 radical (unpaired) electrons. The molecule has 1 aliphatic heterocycles. The van der Waals surface area contributed by atoms with Gasteiger partial charge < -0.3 is 20.2 Å². The van der Waals surface area contributed by atoms with Gasteiger partial charge in [-0.15, -0.1) is 0 Å². The quantitative estimate of drug-likeness (QED) is 0.883. The van der Waals surface area contributed by atoms with Crippen molar-refractivity contribution >= 4 is 22.4 Å². The molecule has 1 aromatic carbocycles. The molecule has 1 saturated heterocycles. The maximum atomic E-state index is 11.8. The Morgan fingerprint density at radius 3 is 2.74 bits per heavy atom. The lowest BCUT2D eigenvalue weighted by atomic mass is 9.75. The zero-order chi connectivity index (χ0) is 16.0. The topological polar surface area (TPSA) is 77.3 Å². The van der Waals surface area contributed by atoms with Crippen molar-refractivity contribution in [3.05, 3.63) is 39.8 Å². The predicted molar refractivity (Wildman–Crippen MR) is 89.0 cm³/mol. The molecule has 6 heteroatoms. The Balaban J connectivity index is 1.67. The lowest BCUT2D eigenvalue weighted by Crippen LogP contribution is -2.52. The molecule has 2 aliphatic rings. The minimum atomic E-state index is -0.148. The van der Waals surface area contributed by atoms with E-state index in [4.69, 9.17) is 26.8 Å². The average molecular weight is 335 g/mol. The number of aromatic nitrogens is 1. The zero-order valence-electron chi connectivity index (χ0n) is 12.6. The first-order valence-corrected chi connectivity index (χ1v) is 8.30. The van der Waals surface area contributed by atoms with Gasteiger partial charge in [-0.1, -0.05) is 11.6 Å². The van der Waals surface area contributed by atoms with Crippen LogP contribution in [-0.2, 0) is 4.74 Å². The monoisotopic (exact) mass is 334 g/mol. The molecule has 0 spiro atoms. The third kappa shape index (κ3) is 2.73. The van der Waals surface area contributed by atoms with Gasteiger partial charge in [0.2, 0.25) is 0 Å². The van der Waals surface area contributed by atoms with E-state index < -0.39 is 0 Å². The molecule has 2 fully saturated rings. The van der Waals surface area contributed by atoms with Crippen LogP contribution in [0.5, 0.6) is 5.75 Å². The van der Waals surface area contributed by atoms with Crippen molar-refractivity contribution in [1.29, 1.82) is 0 Å². The largest absolute Gasteiger partial charge is 0.488 e. The number of hydrogen-bond donors (Lipinski definition) is 2. The summed E-state index contributed by atoms with van der Waals surface area (Å²) in [5.74, 6) is 1.22. The van der Waals surface area contributed by atoms with Crippen LogP contribution in [0.1, 0.15) is 12.8 Å². The van der Waals surface area contributed by atoms with Crippen LogP contribution < -0.4 is 16.0 Å². The highest BCUT2D eigenvalue weighted by molar-refractivity contribution is 6.32. The van der Waals surface area contributed by atoms with Gasteiger partial charge in [0.05, 0.1) is 18.2 Å². The summed E-state index contributed by atoms with van der Waals surface area (Å²) in [7, 11) is 0. The smallest absolute Gasteiger partial charge is 0.255 e. The third-order valence-corrected chi connectivity index (χ3v) is 5.19. The SMILES string of the molecule is N[C@H]1C[C@H]2COC[C@@H](C1)[C@@H]2Oc1cc2cc[nH]c(=O)c2cc1Cl. The molecule has 0 amide bonds. The fourth-order valence-corrected chi connectivity index (χ4v) is 4.05. The summed E-state index contributed by atoms with van der Waals surface area (Å²) in [6.07, 6.45) is 3.52. The number of H-pyrrole nitrogens is 1. The van der Waals surface area contributed by atoms with Crippen molar-refractivity contribution in [2.75, 3.05) is 13.2 Å². The summed E-state index contributed by atoms with van der Waals surface area (Å²) in [6.45, 7) is 1.36. The maximum Gasteiger partial charge on any atom is 0.255 e. The van der Waals surface area contributed by atoms with Crippen LogP contribution in [0.3, 0.4) is 0 Å². The normalized spacial score (nSPS) is 30.3. The highest BCUT2D eigenvalue weighted by Crippen LogP contribution is 2.38. The van der Waals surface area contributed by atoms with Crippen LogP contribution in [0, 0.1) is 11.8 Å². The number of fused-ring (bicyclic) bond motifs is 3. The molecule has 1 saturated carbocycles. The van der Waals surface area contributed by atoms with Gasteiger partial charge >= 0.3 is 0 Å². The summed E-state index contributed by atoms with van der Waals surface area (Å²) in [5.41, 5.74) is 5.98. The first-order valence-electron chi connectivity index (χ1n) is 7.93. The number of aromatic amines is 1. The van der Waals surface area contributed by atoms with E-state index in [1.54, 1.807) is 12.3 Å². The second-order valence-corrected chi connectivity index (χ2v) is 6.96. The number of nitrogens with one attached hydrogen (secondary N) is 1. The number of pyridine rings is 1. The van der Waals surface area contributed by atoms with Crippen LogP contribution in [0.25, 0.3) is 10.8 Å². The molecule has 3 N–H and O–H groups in total. The van der Waals surface area contributed by atoms with Gasteiger partial charge in [-0.25, -0.2) is 0 Å². The van der Waals surface area contributed by atoms with E-state index in [1.165, 1.54) is 0 Å². The van der Waals surface area contributed by atoms with E-state index in [0.29, 0.717) is 41.2 Å². The lowest BCUT2D eigenvalue weighted by Gasteiger charge is -2.44. The van der Waals surface area contributed by atoms with Gasteiger partial charge in [-0.2, -0.15) is 0 Å². The molecule has 1 aromatic heterocycles. The van der Waals surface area contributed by atoms with E-state index in [9.17, 15) is 4.79 Å². The highest BCUT2D eigenvalue weighted by atomic mass is 35.5. The molecule has 122 valence electrons. The third-order valence-electron chi connectivity index (χ3n) is 4.89. The standard InChI is InChI=1S/C17H19ClN2O3/c18-14-6-13-9(1-2-20-17(13)21)5-15(14)23-16-10-3-12(19)4-11(16)8-22-7-10/h1-2,5-6,10-12,16H,3-4,7-8,19H2,(H,20,21)/t10-,11+,12-,16+. The van der Waals surface area contributed by atoms with Crippen LogP contribution >= 0.6 is 11.6 Å². The van der Waals surface area contributed by atoms with Gasteiger partial charge in [0.1, 0.15) is 11.9 Å². The lowest BCUT2D eigenvalue weighted by molar-refractivity contribution is -0.0947. The molecule has 2 heterocycles. The second-order valence-electron chi connectivity index (χ2n) is 6.55. The number of benzene rings is 1. The molecule has 5 nitrogen and oxygen atoms in total. The number of halogens is 1. The van der Waals surface area contributed by atoms with E-state index in [-0.39, 0.29) is 17.7 Å². The van der Waals surface area contributed by atoms with Crippen molar-refractivity contribution in [3.8, 4) is 5.75 Å². The Labute approximate surface area is 138 Å². The minimum Gasteiger partial charge on any atom is -0.488 e. The molecule has 1 aliphatic carbocycles. The van der Waals surface area contributed by atoms with Gasteiger partial charge in [-0.05, 0) is 36.4 Å². The van der Waals surface area contributed by atoms with Crippen molar-refractivity contribution < 1.29 is 9.47 Å². The number of nitrogens with two attached hydrogens (primary N) is 1. The molecule has 2 aromatic rings. The molecule has 4 atom stereocenters. The zero-order valence-corrected chi connectivity index (χ0v) is 13.4. The molecule has 4 rings (SSSR count). The van der Waals surface area contributed by atoms with Crippen LogP contribution in [0.4, 0.5) is 0 Å². The first kappa shape index (κ1) is 15.0. The molecular weight excluding hydrogens is 316 g/mol. The average Bonchev–Trinajstić information content (AvgIpc) is 2.50.